The van der Waals surface area contributed by atoms with E-state index < -0.39 is 0 Å². The summed E-state index contributed by atoms with van der Waals surface area (Å²) in [5.41, 5.74) is 0.643. The first-order valence-corrected chi connectivity index (χ1v) is 6.60. The maximum absolute atomic E-state index is 11.8. The number of ether oxygens (including phenoxy) is 1. The number of hydrogen-bond donors (Lipinski definition) is 0. The van der Waals surface area contributed by atoms with Crippen LogP contribution in [0.5, 0.6) is 0 Å². The first-order valence-electron chi connectivity index (χ1n) is 5.81. The van der Waals surface area contributed by atoms with Crippen LogP contribution in [0.25, 0.3) is 0 Å². The molecule has 0 aromatic heterocycles. The Kier molecular flexibility index (Phi) is 5.34. The van der Waals surface area contributed by atoms with Crippen molar-refractivity contribution in [3.63, 3.8) is 0 Å². The lowest BCUT2D eigenvalue weighted by Crippen LogP contribution is -2.20. The monoisotopic (exact) mass is 298 g/mol. The standard InChI is InChI=1S/C14H19BrO2/c1-14(2,3)17-10-4-5-13(16)11-6-8-12(15)9-7-11/h6-9H,4-5,10H2,1-3H3. The molecule has 1 aromatic carbocycles. The molecule has 0 unspecified atom stereocenters. The highest BCUT2D eigenvalue weighted by molar-refractivity contribution is 9.10. The van der Waals surface area contributed by atoms with Gasteiger partial charge >= 0.3 is 0 Å². The average molecular weight is 299 g/mol. The van der Waals surface area contributed by atoms with E-state index in [2.05, 4.69) is 15.9 Å². The molecule has 0 saturated carbocycles. The van der Waals surface area contributed by atoms with E-state index in [9.17, 15) is 4.79 Å². The van der Waals surface area contributed by atoms with E-state index in [1.165, 1.54) is 0 Å². The van der Waals surface area contributed by atoms with Crippen LogP contribution >= 0.6 is 15.9 Å². The second-order valence-electron chi connectivity index (χ2n) is 4.99. The molecule has 0 fully saturated rings. The van der Waals surface area contributed by atoms with Crippen molar-refractivity contribution in [2.24, 2.45) is 0 Å². The summed E-state index contributed by atoms with van der Waals surface area (Å²) < 4.78 is 6.57. The van der Waals surface area contributed by atoms with Crippen molar-refractivity contribution in [1.82, 2.24) is 0 Å². The van der Waals surface area contributed by atoms with Crippen LogP contribution in [0.4, 0.5) is 0 Å². The molecule has 0 aliphatic heterocycles. The number of carbonyl (C=O) groups excluding carboxylic acids is 1. The zero-order valence-corrected chi connectivity index (χ0v) is 12.2. The van der Waals surface area contributed by atoms with Gasteiger partial charge in [0.15, 0.2) is 5.78 Å². The minimum atomic E-state index is -0.124. The molecule has 0 atom stereocenters. The largest absolute Gasteiger partial charge is 0.376 e. The van der Waals surface area contributed by atoms with Gasteiger partial charge in [-0.15, -0.1) is 0 Å². The predicted molar refractivity (Wildman–Crippen MR) is 73.4 cm³/mol. The molecule has 0 aliphatic carbocycles. The van der Waals surface area contributed by atoms with Crippen molar-refractivity contribution in [1.29, 1.82) is 0 Å². The Morgan fingerprint density at radius 1 is 1.24 bits per heavy atom. The fraction of sp³-hybridized carbons (Fsp3) is 0.500. The molecule has 0 bridgehead atoms. The average Bonchev–Trinajstić information content (AvgIpc) is 2.24. The van der Waals surface area contributed by atoms with E-state index in [4.69, 9.17) is 4.74 Å². The van der Waals surface area contributed by atoms with E-state index in [1.54, 1.807) is 0 Å². The third kappa shape index (κ3) is 5.99. The van der Waals surface area contributed by atoms with Crippen molar-refractivity contribution in [3.8, 4) is 0 Å². The number of benzene rings is 1. The smallest absolute Gasteiger partial charge is 0.162 e. The van der Waals surface area contributed by atoms with Gasteiger partial charge in [0.05, 0.1) is 5.60 Å². The van der Waals surface area contributed by atoms with Crippen molar-refractivity contribution in [2.45, 2.75) is 39.2 Å². The molecule has 1 aromatic rings. The van der Waals surface area contributed by atoms with Gasteiger partial charge in [-0.3, -0.25) is 4.79 Å². The zero-order valence-electron chi connectivity index (χ0n) is 10.6. The van der Waals surface area contributed by atoms with E-state index in [0.717, 1.165) is 16.5 Å². The third-order valence-corrected chi connectivity index (χ3v) is 2.78. The molecule has 1 rings (SSSR count). The van der Waals surface area contributed by atoms with Crippen LogP contribution in [-0.4, -0.2) is 18.0 Å². The molecule has 0 spiro atoms. The fourth-order valence-electron chi connectivity index (χ4n) is 1.39. The number of carbonyl (C=O) groups is 1. The van der Waals surface area contributed by atoms with Crippen molar-refractivity contribution in [2.75, 3.05) is 6.61 Å². The van der Waals surface area contributed by atoms with E-state index in [0.29, 0.717) is 13.0 Å². The molecule has 3 heteroatoms. The van der Waals surface area contributed by atoms with Gasteiger partial charge in [0, 0.05) is 23.1 Å². The quantitative estimate of drug-likeness (QED) is 0.601. The van der Waals surface area contributed by atoms with Crippen LogP contribution in [0.15, 0.2) is 28.7 Å². The van der Waals surface area contributed by atoms with Gasteiger partial charge in [-0.05, 0) is 39.3 Å². The predicted octanol–water partition coefficient (Wildman–Crippen LogP) is 4.23. The maximum atomic E-state index is 11.8. The Labute approximate surface area is 111 Å². The summed E-state index contributed by atoms with van der Waals surface area (Å²) in [6.45, 7) is 6.68. The molecule has 0 N–H and O–H groups in total. The second kappa shape index (κ2) is 6.31. The minimum Gasteiger partial charge on any atom is -0.376 e. The van der Waals surface area contributed by atoms with Crippen LogP contribution in [0.1, 0.15) is 44.0 Å². The van der Waals surface area contributed by atoms with E-state index in [1.807, 2.05) is 45.0 Å². The molecule has 0 amide bonds. The number of halogens is 1. The molecule has 0 heterocycles. The Morgan fingerprint density at radius 3 is 2.35 bits per heavy atom. The van der Waals surface area contributed by atoms with Crippen LogP contribution in [-0.2, 0) is 4.74 Å². The SMILES string of the molecule is CC(C)(C)OCCCC(=O)c1ccc(Br)cc1. The highest BCUT2D eigenvalue weighted by Gasteiger charge is 2.10. The van der Waals surface area contributed by atoms with Gasteiger partial charge in [0.1, 0.15) is 0 Å². The van der Waals surface area contributed by atoms with Gasteiger partial charge in [-0.2, -0.15) is 0 Å². The third-order valence-electron chi connectivity index (χ3n) is 2.25. The van der Waals surface area contributed by atoms with Gasteiger partial charge in [-0.25, -0.2) is 0 Å². The summed E-state index contributed by atoms with van der Waals surface area (Å²) in [6.07, 6.45) is 1.31. The van der Waals surface area contributed by atoms with Gasteiger partial charge in [0.2, 0.25) is 0 Å². The Morgan fingerprint density at radius 2 is 1.82 bits per heavy atom. The Bertz CT molecular complexity index is 363. The van der Waals surface area contributed by atoms with Crippen molar-refractivity contribution < 1.29 is 9.53 Å². The molecule has 94 valence electrons. The molecule has 0 radical (unpaired) electrons. The van der Waals surface area contributed by atoms with Crippen LogP contribution < -0.4 is 0 Å². The molecule has 2 nitrogen and oxygen atoms in total. The van der Waals surface area contributed by atoms with Crippen LogP contribution in [0.2, 0.25) is 0 Å². The Balaban J connectivity index is 2.33. The van der Waals surface area contributed by atoms with E-state index >= 15 is 0 Å². The van der Waals surface area contributed by atoms with Crippen molar-refractivity contribution >= 4 is 21.7 Å². The summed E-state index contributed by atoms with van der Waals surface area (Å²) in [5, 5.41) is 0. The number of hydrogen-bond acceptors (Lipinski definition) is 2. The van der Waals surface area contributed by atoms with Crippen LogP contribution in [0, 0.1) is 0 Å². The second-order valence-corrected chi connectivity index (χ2v) is 5.91. The lowest BCUT2D eigenvalue weighted by atomic mass is 10.1. The lowest BCUT2D eigenvalue weighted by Gasteiger charge is -2.19. The molecule has 17 heavy (non-hydrogen) atoms. The highest BCUT2D eigenvalue weighted by Crippen LogP contribution is 2.13. The molecule has 0 saturated heterocycles. The molecule has 0 aliphatic rings. The fourth-order valence-corrected chi connectivity index (χ4v) is 1.66. The summed E-state index contributed by atoms with van der Waals surface area (Å²) in [4.78, 5) is 11.8. The number of Topliss-reactive ketones (excluding diaryl/α,β-unsaturated/α-hetero) is 1. The maximum Gasteiger partial charge on any atom is 0.162 e. The topological polar surface area (TPSA) is 26.3 Å². The van der Waals surface area contributed by atoms with Crippen LogP contribution in [0.3, 0.4) is 0 Å². The summed E-state index contributed by atoms with van der Waals surface area (Å²) in [6, 6.07) is 7.46. The van der Waals surface area contributed by atoms with Crippen molar-refractivity contribution in [3.05, 3.63) is 34.3 Å². The van der Waals surface area contributed by atoms with Gasteiger partial charge in [-0.1, -0.05) is 28.1 Å². The van der Waals surface area contributed by atoms with Gasteiger partial charge in [0.25, 0.3) is 0 Å². The van der Waals surface area contributed by atoms with Gasteiger partial charge < -0.3 is 4.74 Å². The number of ketones is 1. The number of rotatable bonds is 5. The normalized spacial score (nSPS) is 11.5. The highest BCUT2D eigenvalue weighted by atomic mass is 79.9. The summed E-state index contributed by atoms with van der Waals surface area (Å²) in [5.74, 6) is 0.176. The summed E-state index contributed by atoms with van der Waals surface area (Å²) >= 11 is 3.35. The molecular weight excluding hydrogens is 280 g/mol. The Hall–Kier alpha value is -0.670. The van der Waals surface area contributed by atoms with E-state index in [-0.39, 0.29) is 11.4 Å². The molecular formula is C14H19BrO2. The summed E-state index contributed by atoms with van der Waals surface area (Å²) in [7, 11) is 0. The lowest BCUT2D eigenvalue weighted by molar-refractivity contribution is -0.00430. The zero-order chi connectivity index (χ0) is 12.9. The minimum absolute atomic E-state index is 0.124. The first-order chi connectivity index (χ1) is 7.88. The first kappa shape index (κ1) is 14.4.